The number of aliphatic hydroxyl groups is 9. The van der Waals surface area contributed by atoms with E-state index in [-0.39, 0.29) is 12.3 Å². The first kappa shape index (κ1) is 46.2. The summed E-state index contributed by atoms with van der Waals surface area (Å²) in [4.78, 5) is 25.7. The van der Waals surface area contributed by atoms with Crippen molar-refractivity contribution in [2.75, 3.05) is 13.2 Å². The summed E-state index contributed by atoms with van der Waals surface area (Å²) in [5.74, 6) is 4.62. The van der Waals surface area contributed by atoms with Gasteiger partial charge >= 0.3 is 0 Å². The van der Waals surface area contributed by atoms with Gasteiger partial charge in [0.15, 0.2) is 12.4 Å². The van der Waals surface area contributed by atoms with Gasteiger partial charge in [0.2, 0.25) is 5.91 Å². The van der Waals surface area contributed by atoms with Gasteiger partial charge in [0.25, 0.3) is 5.91 Å². The van der Waals surface area contributed by atoms with E-state index in [1.807, 2.05) is 0 Å². The number of allylic oxidation sites excluding steroid dienone is 2. The fraction of sp³-hybridized carbons (Fsp3) is 0.879. The third kappa shape index (κ3) is 17.8. The van der Waals surface area contributed by atoms with E-state index in [1.165, 1.54) is 25.7 Å². The minimum Gasteiger partial charge on any atom is -0.394 e. The predicted molar refractivity (Wildman–Crippen MR) is 179 cm³/mol. The summed E-state index contributed by atoms with van der Waals surface area (Å²) < 4.78 is 5.08. The van der Waals surface area contributed by atoms with Crippen molar-refractivity contribution in [3.05, 3.63) is 12.2 Å². The Balaban J connectivity index is 4.88. The maximum atomic E-state index is 12.9. The summed E-state index contributed by atoms with van der Waals surface area (Å²) >= 11 is 0. The van der Waals surface area contributed by atoms with Gasteiger partial charge in [0.05, 0.1) is 30.9 Å². The van der Waals surface area contributed by atoms with Crippen molar-refractivity contribution in [3.8, 4) is 0 Å². The molecule has 0 saturated carbocycles. The Morgan fingerprint density at radius 3 is 1.85 bits per heavy atom. The topological polar surface area (TPSA) is 267 Å². The molecule has 9 unspecified atom stereocenters. The maximum absolute atomic E-state index is 12.9. The standard InChI is InChI=1S/C33H65N3O12/c1-5-6-7-8-9-10-11-12-13-14-15-16-17-18-26(42)36(34)22(2)33(3,4)35-32(47)30(46)29(45)31(25(41)21-38)48-27(43)19-23(39)28(44)24(40)20-37/h10-11,22-25,27-31,37-41,43-46H,5-9,12-21,34H2,1-4H3,(H,35,47)/b11-10-. The number of unbranched alkanes of at least 4 members (excludes halogenated alkanes) is 9. The van der Waals surface area contributed by atoms with E-state index >= 15 is 0 Å². The maximum Gasteiger partial charge on any atom is 0.252 e. The van der Waals surface area contributed by atoms with Crippen LogP contribution in [0.15, 0.2) is 12.2 Å². The molecule has 0 rings (SSSR count). The van der Waals surface area contributed by atoms with Crippen molar-refractivity contribution < 1.29 is 60.3 Å². The molecule has 0 aromatic heterocycles. The zero-order chi connectivity index (χ0) is 36.9. The Morgan fingerprint density at radius 2 is 1.31 bits per heavy atom. The molecule has 48 heavy (non-hydrogen) atoms. The molecular formula is C33H65N3O12. The number of nitrogens with two attached hydrogens (primary N) is 1. The largest absolute Gasteiger partial charge is 0.394 e. The van der Waals surface area contributed by atoms with Gasteiger partial charge in [-0.2, -0.15) is 0 Å². The molecule has 15 heteroatoms. The van der Waals surface area contributed by atoms with Crippen LogP contribution in [0.2, 0.25) is 0 Å². The van der Waals surface area contributed by atoms with Crippen LogP contribution in [0.5, 0.6) is 0 Å². The van der Waals surface area contributed by atoms with Crippen LogP contribution in [0.4, 0.5) is 0 Å². The van der Waals surface area contributed by atoms with E-state index in [9.17, 15) is 50.4 Å². The Hall–Kier alpha value is -1.76. The minimum atomic E-state index is -2.26. The fourth-order valence-electron chi connectivity index (χ4n) is 4.97. The van der Waals surface area contributed by atoms with Crippen LogP contribution in [0.3, 0.4) is 0 Å². The molecule has 0 fully saturated rings. The molecule has 284 valence electrons. The Bertz CT molecular complexity index is 896. The minimum absolute atomic E-state index is 0.217. The van der Waals surface area contributed by atoms with Gasteiger partial charge < -0.3 is 56.0 Å². The summed E-state index contributed by atoms with van der Waals surface area (Å²) in [6, 6.07) is -0.758. The monoisotopic (exact) mass is 695 g/mol. The molecule has 0 bridgehead atoms. The lowest BCUT2D eigenvalue weighted by atomic mass is 9.93. The number of carbonyl (C=O) groups excluding carboxylic acids is 2. The lowest BCUT2D eigenvalue weighted by molar-refractivity contribution is -0.225. The summed E-state index contributed by atoms with van der Waals surface area (Å²) in [7, 11) is 0. The third-order valence-electron chi connectivity index (χ3n) is 8.58. The number of amides is 2. The molecule has 0 heterocycles. The first-order valence-corrected chi connectivity index (χ1v) is 17.2. The molecule has 0 aliphatic heterocycles. The number of carbonyl (C=O) groups is 2. The van der Waals surface area contributed by atoms with E-state index in [2.05, 4.69) is 24.4 Å². The molecule has 2 amide bonds. The number of hydrogen-bond acceptors (Lipinski definition) is 13. The van der Waals surface area contributed by atoms with Crippen LogP contribution in [-0.4, -0.2) is 137 Å². The molecule has 0 saturated heterocycles. The van der Waals surface area contributed by atoms with Crippen molar-refractivity contribution in [1.29, 1.82) is 0 Å². The molecule has 0 radical (unpaired) electrons. The molecule has 0 spiro atoms. The van der Waals surface area contributed by atoms with Crippen molar-refractivity contribution >= 4 is 11.8 Å². The molecule has 0 aliphatic rings. The highest BCUT2D eigenvalue weighted by Gasteiger charge is 2.41. The van der Waals surface area contributed by atoms with E-state index in [4.69, 9.17) is 15.7 Å². The number of rotatable bonds is 28. The number of aliphatic hydroxyl groups excluding tert-OH is 9. The quantitative estimate of drug-likeness (QED) is 0.0123. The Labute approximate surface area is 285 Å². The van der Waals surface area contributed by atoms with Gasteiger partial charge in [-0.3, -0.25) is 14.6 Å². The summed E-state index contributed by atoms with van der Waals surface area (Å²) in [6.45, 7) is 5.01. The molecule has 12 N–H and O–H groups in total. The molecule has 0 aliphatic carbocycles. The Morgan fingerprint density at radius 1 is 0.792 bits per heavy atom. The molecule has 15 nitrogen and oxygen atoms in total. The number of ether oxygens (including phenoxy) is 1. The molecular weight excluding hydrogens is 630 g/mol. The third-order valence-corrected chi connectivity index (χ3v) is 8.58. The number of hydrazine groups is 1. The van der Waals surface area contributed by atoms with Crippen molar-refractivity contribution in [3.63, 3.8) is 0 Å². The first-order chi connectivity index (χ1) is 22.5. The summed E-state index contributed by atoms with van der Waals surface area (Å²) in [5.41, 5.74) is -1.22. The highest BCUT2D eigenvalue weighted by molar-refractivity contribution is 5.82. The van der Waals surface area contributed by atoms with Gasteiger partial charge in [-0.25, -0.2) is 5.84 Å². The van der Waals surface area contributed by atoms with Crippen LogP contribution >= 0.6 is 0 Å². The summed E-state index contributed by atoms with van der Waals surface area (Å²) in [5, 5.41) is 92.5. The van der Waals surface area contributed by atoms with Crippen LogP contribution in [0.25, 0.3) is 0 Å². The van der Waals surface area contributed by atoms with Gasteiger partial charge in [0, 0.05) is 12.8 Å². The highest BCUT2D eigenvalue weighted by Crippen LogP contribution is 2.19. The van der Waals surface area contributed by atoms with Gasteiger partial charge in [-0.05, 0) is 52.9 Å². The lowest BCUT2D eigenvalue weighted by Gasteiger charge is -2.39. The van der Waals surface area contributed by atoms with E-state index in [0.717, 1.165) is 43.5 Å². The van der Waals surface area contributed by atoms with Crippen LogP contribution in [0, 0.1) is 0 Å². The van der Waals surface area contributed by atoms with E-state index < -0.39 is 86.1 Å². The summed E-state index contributed by atoms with van der Waals surface area (Å²) in [6.07, 6.45) is 0.122. The zero-order valence-electron chi connectivity index (χ0n) is 29.2. The van der Waals surface area contributed by atoms with Crippen LogP contribution in [-0.2, 0) is 14.3 Å². The first-order valence-electron chi connectivity index (χ1n) is 17.2. The van der Waals surface area contributed by atoms with Crippen molar-refractivity contribution in [2.24, 2.45) is 5.84 Å². The van der Waals surface area contributed by atoms with Gasteiger partial charge in [-0.15, -0.1) is 0 Å². The van der Waals surface area contributed by atoms with Crippen LogP contribution in [0.1, 0.15) is 111 Å². The second-order valence-electron chi connectivity index (χ2n) is 13.1. The second kappa shape index (κ2) is 25.2. The van der Waals surface area contributed by atoms with Crippen LogP contribution < -0.4 is 11.2 Å². The normalized spacial score (nSPS) is 18.0. The lowest BCUT2D eigenvalue weighted by Crippen LogP contribution is -2.63. The fourth-order valence-corrected chi connectivity index (χ4v) is 4.97. The molecule has 9 atom stereocenters. The Kier molecular flexibility index (Phi) is 24.3. The molecule has 0 aromatic rings. The van der Waals surface area contributed by atoms with Gasteiger partial charge in [-0.1, -0.05) is 57.6 Å². The SMILES string of the molecule is CCCCCC/C=C\CCCCCCCC(=O)N(N)C(C)C(C)(C)NC(=O)C(O)C(O)C(OC(O)CC(O)C(O)C(O)CO)C(O)CO. The predicted octanol–water partition coefficient (Wildman–Crippen LogP) is -0.527. The van der Waals surface area contributed by atoms with E-state index in [1.54, 1.807) is 20.8 Å². The molecule has 0 aromatic carbocycles. The number of nitrogens with zero attached hydrogens (tertiary/aromatic N) is 1. The average molecular weight is 696 g/mol. The highest BCUT2D eigenvalue weighted by atomic mass is 16.6. The zero-order valence-corrected chi connectivity index (χ0v) is 29.2. The average Bonchev–Trinajstić information content (AvgIpc) is 3.06. The van der Waals surface area contributed by atoms with E-state index in [0.29, 0.717) is 6.42 Å². The number of nitrogens with one attached hydrogen (secondary N) is 1. The smallest absolute Gasteiger partial charge is 0.252 e. The second-order valence-corrected chi connectivity index (χ2v) is 13.1. The van der Waals surface area contributed by atoms with Gasteiger partial charge in [0.1, 0.15) is 30.5 Å². The van der Waals surface area contributed by atoms with Crippen molar-refractivity contribution in [2.45, 2.75) is 172 Å². The number of hydrogen-bond donors (Lipinski definition) is 11. The van der Waals surface area contributed by atoms with Crippen molar-refractivity contribution in [1.82, 2.24) is 10.3 Å².